The smallest absolute Gasteiger partial charge is 0.123 e. The topological polar surface area (TPSA) is 35.9 Å². The molecule has 0 aliphatic carbocycles. The van der Waals surface area contributed by atoms with Crippen molar-refractivity contribution in [2.45, 2.75) is 39.5 Å². The van der Waals surface area contributed by atoms with Crippen LogP contribution in [-0.4, -0.2) is 48.7 Å². The second-order valence-electron chi connectivity index (χ2n) is 8.32. The Bertz CT molecular complexity index is 799. The fraction of sp³-hybridized carbons (Fsp3) is 0.478. The van der Waals surface area contributed by atoms with Crippen LogP contribution in [0.3, 0.4) is 0 Å². The lowest BCUT2D eigenvalue weighted by Crippen LogP contribution is -2.34. The van der Waals surface area contributed by atoms with E-state index in [0.29, 0.717) is 13.2 Å². The van der Waals surface area contributed by atoms with Crippen molar-refractivity contribution in [3.8, 4) is 5.75 Å². The lowest BCUT2D eigenvalue weighted by atomic mass is 9.93. The Kier molecular flexibility index (Phi) is 5.89. The summed E-state index contributed by atoms with van der Waals surface area (Å²) in [5.74, 6) is 0.933. The Balaban J connectivity index is 1.83. The molecule has 2 aromatic carbocycles. The third kappa shape index (κ3) is 4.89. The van der Waals surface area contributed by atoms with Crippen molar-refractivity contribution in [3.63, 3.8) is 0 Å². The van der Waals surface area contributed by atoms with E-state index in [4.69, 9.17) is 4.74 Å². The van der Waals surface area contributed by atoms with E-state index in [0.717, 1.165) is 36.5 Å². The predicted molar refractivity (Wildman–Crippen MR) is 110 cm³/mol. The molecule has 2 aromatic rings. The molecule has 4 nitrogen and oxygen atoms in total. The number of ether oxygens (including phenoxy) is 1. The minimum absolute atomic E-state index is 0.582. The van der Waals surface area contributed by atoms with Gasteiger partial charge in [0.2, 0.25) is 0 Å². The fourth-order valence-electron chi connectivity index (χ4n) is 3.84. The van der Waals surface area contributed by atoms with E-state index in [1.54, 1.807) is 0 Å². The van der Waals surface area contributed by atoms with Crippen LogP contribution in [0.15, 0.2) is 36.4 Å². The number of hydrogen-bond donors (Lipinski definition) is 1. The fourth-order valence-corrected chi connectivity index (χ4v) is 3.84. The number of rotatable bonds is 5. The maximum atomic E-state index is 10.9. The first kappa shape index (κ1) is 19.9. The summed E-state index contributed by atoms with van der Waals surface area (Å²) < 4.78 is 5.99. The van der Waals surface area contributed by atoms with Crippen molar-refractivity contribution in [3.05, 3.63) is 64.2 Å². The van der Waals surface area contributed by atoms with Gasteiger partial charge in [0.15, 0.2) is 0 Å². The quantitative estimate of drug-likeness (QED) is 0.877. The molecule has 0 fully saturated rings. The van der Waals surface area contributed by atoms with Crippen molar-refractivity contribution in [1.82, 2.24) is 9.80 Å². The SMILES string of the molecule is Cc1ccc(C)c(CN2CCOc3ccc([C@](C)(O)CN(C)C)cc3C2)c1. The van der Waals surface area contributed by atoms with Crippen LogP contribution in [0.2, 0.25) is 0 Å². The molecule has 1 atom stereocenters. The maximum Gasteiger partial charge on any atom is 0.123 e. The zero-order valence-electron chi connectivity index (χ0n) is 17.2. The Morgan fingerprint density at radius 3 is 2.67 bits per heavy atom. The van der Waals surface area contributed by atoms with Crippen molar-refractivity contribution >= 4 is 0 Å². The molecule has 1 aliphatic heterocycles. The average molecular weight is 369 g/mol. The van der Waals surface area contributed by atoms with E-state index in [1.807, 2.05) is 38.1 Å². The van der Waals surface area contributed by atoms with Gasteiger partial charge in [0.05, 0.1) is 5.60 Å². The van der Waals surface area contributed by atoms with Crippen molar-refractivity contribution in [1.29, 1.82) is 0 Å². The molecule has 1 heterocycles. The van der Waals surface area contributed by atoms with E-state index < -0.39 is 5.60 Å². The molecule has 0 saturated carbocycles. The van der Waals surface area contributed by atoms with Crippen LogP contribution < -0.4 is 4.74 Å². The summed E-state index contributed by atoms with van der Waals surface area (Å²) in [4.78, 5) is 4.44. The third-order valence-electron chi connectivity index (χ3n) is 5.26. The van der Waals surface area contributed by atoms with Gasteiger partial charge in [0.1, 0.15) is 12.4 Å². The van der Waals surface area contributed by atoms with Crippen LogP contribution in [0.4, 0.5) is 0 Å². The molecule has 0 unspecified atom stereocenters. The Hall–Kier alpha value is -1.88. The number of aliphatic hydroxyl groups is 1. The number of aryl methyl sites for hydroxylation is 2. The molecule has 0 amide bonds. The van der Waals surface area contributed by atoms with E-state index in [9.17, 15) is 5.11 Å². The number of nitrogens with zero attached hydrogens (tertiary/aromatic N) is 2. The van der Waals surface area contributed by atoms with Gasteiger partial charge < -0.3 is 14.7 Å². The molecular formula is C23H32N2O2. The highest BCUT2D eigenvalue weighted by molar-refractivity contribution is 5.40. The number of hydrogen-bond acceptors (Lipinski definition) is 4. The molecule has 0 saturated heterocycles. The molecule has 27 heavy (non-hydrogen) atoms. The number of likely N-dealkylation sites (N-methyl/N-ethyl adjacent to an activating group) is 1. The van der Waals surface area contributed by atoms with Gasteiger partial charge in [-0.15, -0.1) is 0 Å². The maximum absolute atomic E-state index is 10.9. The first-order valence-electron chi connectivity index (χ1n) is 9.66. The highest BCUT2D eigenvalue weighted by Gasteiger charge is 2.26. The predicted octanol–water partition coefficient (Wildman–Crippen LogP) is 3.47. The zero-order chi connectivity index (χ0) is 19.6. The van der Waals surface area contributed by atoms with Crippen LogP contribution in [0.5, 0.6) is 5.75 Å². The van der Waals surface area contributed by atoms with E-state index in [-0.39, 0.29) is 0 Å². The molecule has 1 N–H and O–H groups in total. The molecule has 146 valence electrons. The van der Waals surface area contributed by atoms with E-state index in [2.05, 4.69) is 43.0 Å². The summed E-state index contributed by atoms with van der Waals surface area (Å²) in [6.07, 6.45) is 0. The minimum Gasteiger partial charge on any atom is -0.492 e. The lowest BCUT2D eigenvalue weighted by Gasteiger charge is -2.28. The van der Waals surface area contributed by atoms with Crippen LogP contribution in [0.1, 0.15) is 34.7 Å². The summed E-state index contributed by atoms with van der Waals surface area (Å²) >= 11 is 0. The average Bonchev–Trinajstić information content (AvgIpc) is 2.78. The van der Waals surface area contributed by atoms with Gasteiger partial charge >= 0.3 is 0 Å². The Morgan fingerprint density at radius 2 is 1.93 bits per heavy atom. The van der Waals surface area contributed by atoms with Crippen molar-refractivity contribution in [2.75, 3.05) is 33.8 Å². The second-order valence-corrected chi connectivity index (χ2v) is 8.32. The van der Waals surface area contributed by atoms with E-state index in [1.165, 1.54) is 16.7 Å². The highest BCUT2D eigenvalue weighted by Crippen LogP contribution is 2.30. The van der Waals surface area contributed by atoms with Gasteiger partial charge in [-0.05, 0) is 63.7 Å². The molecule has 0 spiro atoms. The van der Waals surface area contributed by atoms with Crippen molar-refractivity contribution < 1.29 is 9.84 Å². The summed E-state index contributed by atoms with van der Waals surface area (Å²) in [5.41, 5.74) is 5.19. The number of fused-ring (bicyclic) bond motifs is 1. The molecule has 1 aliphatic rings. The first-order valence-corrected chi connectivity index (χ1v) is 9.66. The second kappa shape index (κ2) is 8.01. The molecule has 4 heteroatoms. The summed E-state index contributed by atoms with van der Waals surface area (Å²) in [6, 6.07) is 12.8. The largest absolute Gasteiger partial charge is 0.492 e. The van der Waals surface area contributed by atoms with Gasteiger partial charge in [0.25, 0.3) is 0 Å². The molecule has 0 aromatic heterocycles. The van der Waals surface area contributed by atoms with Crippen LogP contribution in [0, 0.1) is 13.8 Å². The Labute approximate surface area is 163 Å². The van der Waals surface area contributed by atoms with E-state index >= 15 is 0 Å². The standard InChI is InChI=1S/C23H32N2O2/c1-17-6-7-18(2)19(12-17)14-25-10-11-27-22-9-8-21(13-20(22)15-25)23(3,26)16-24(4)5/h6-9,12-13,26H,10-11,14-16H2,1-5H3/t23-/m1/s1. The summed E-state index contributed by atoms with van der Waals surface area (Å²) in [5, 5.41) is 10.9. The van der Waals surface area contributed by atoms with Gasteiger partial charge in [-0.2, -0.15) is 0 Å². The monoisotopic (exact) mass is 368 g/mol. The van der Waals surface area contributed by atoms with Crippen LogP contribution in [-0.2, 0) is 18.7 Å². The van der Waals surface area contributed by atoms with Crippen molar-refractivity contribution in [2.24, 2.45) is 0 Å². The third-order valence-corrected chi connectivity index (χ3v) is 5.26. The summed E-state index contributed by atoms with van der Waals surface area (Å²) in [7, 11) is 3.96. The first-order chi connectivity index (χ1) is 12.7. The lowest BCUT2D eigenvalue weighted by molar-refractivity contribution is 0.0299. The normalized spacial score (nSPS) is 17.1. The van der Waals surface area contributed by atoms with Crippen LogP contribution in [0.25, 0.3) is 0 Å². The molecular weight excluding hydrogens is 336 g/mol. The molecule has 3 rings (SSSR count). The Morgan fingerprint density at radius 1 is 1.15 bits per heavy atom. The zero-order valence-corrected chi connectivity index (χ0v) is 17.2. The van der Waals surface area contributed by atoms with Gasteiger partial charge in [-0.25, -0.2) is 0 Å². The molecule has 0 bridgehead atoms. The highest BCUT2D eigenvalue weighted by atomic mass is 16.5. The number of benzene rings is 2. The van der Waals surface area contributed by atoms with Gasteiger partial charge in [0, 0.05) is 31.7 Å². The molecule has 0 radical (unpaired) electrons. The summed E-state index contributed by atoms with van der Waals surface area (Å²) in [6.45, 7) is 10.1. The van der Waals surface area contributed by atoms with Gasteiger partial charge in [-0.3, -0.25) is 4.90 Å². The van der Waals surface area contributed by atoms with Crippen LogP contribution >= 0.6 is 0 Å². The van der Waals surface area contributed by atoms with Gasteiger partial charge in [-0.1, -0.05) is 29.8 Å². The minimum atomic E-state index is -0.886.